The number of hydrogen-bond acceptors (Lipinski definition) is 1. The Morgan fingerprint density at radius 1 is 0.842 bits per heavy atom. The second-order valence-electron chi connectivity index (χ2n) is 12.3. The van der Waals surface area contributed by atoms with Crippen molar-refractivity contribution in [3.05, 3.63) is 108 Å². The predicted octanol–water partition coefficient (Wildman–Crippen LogP) is 8.69. The van der Waals surface area contributed by atoms with Crippen LogP contribution in [0.3, 0.4) is 0 Å². The zero-order chi connectivity index (χ0) is 26.8. The van der Waals surface area contributed by atoms with E-state index in [4.69, 9.17) is 0 Å². The summed E-state index contributed by atoms with van der Waals surface area (Å²) in [5, 5.41) is 5.39. The average Bonchev–Trinajstić information content (AvgIpc) is 3.23. The van der Waals surface area contributed by atoms with Crippen molar-refractivity contribution in [1.29, 1.82) is 0 Å². The van der Waals surface area contributed by atoms with Gasteiger partial charge < -0.3 is 4.90 Å². The first-order valence-corrected chi connectivity index (χ1v) is 13.9. The normalized spacial score (nSPS) is 20.1. The van der Waals surface area contributed by atoms with E-state index in [9.17, 15) is 0 Å². The number of hydrogen-bond donors (Lipinski definition) is 0. The molecule has 0 spiro atoms. The van der Waals surface area contributed by atoms with E-state index >= 15 is 0 Å². The summed E-state index contributed by atoms with van der Waals surface area (Å²) in [6.45, 7) is 11.8. The van der Waals surface area contributed by atoms with E-state index in [1.807, 2.05) is 0 Å². The maximum Gasteiger partial charge on any atom is 0.210 e. The second-order valence-corrected chi connectivity index (χ2v) is 12.3. The first kappa shape index (κ1) is 24.7. The van der Waals surface area contributed by atoms with Crippen molar-refractivity contribution in [3.63, 3.8) is 0 Å². The molecule has 0 N–H and O–H groups in total. The molecular weight excluding hydrogens is 460 g/mol. The fourth-order valence-electron chi connectivity index (χ4n) is 7.27. The van der Waals surface area contributed by atoms with Gasteiger partial charge in [0.05, 0.1) is 5.41 Å². The van der Waals surface area contributed by atoms with Crippen molar-refractivity contribution >= 4 is 38.6 Å². The van der Waals surface area contributed by atoms with Crippen LogP contribution < -0.4 is 4.90 Å². The lowest BCUT2D eigenvalue weighted by molar-refractivity contribution is -0.401. The van der Waals surface area contributed by atoms with Gasteiger partial charge in [-0.1, -0.05) is 86.2 Å². The van der Waals surface area contributed by atoms with E-state index in [0.29, 0.717) is 6.04 Å². The summed E-state index contributed by atoms with van der Waals surface area (Å²) in [5.74, 6) is 0. The lowest BCUT2D eigenvalue weighted by Gasteiger charge is -2.32. The molecule has 0 fully saturated rings. The van der Waals surface area contributed by atoms with Gasteiger partial charge in [-0.05, 0) is 66.4 Å². The van der Waals surface area contributed by atoms with Gasteiger partial charge in [0, 0.05) is 41.9 Å². The highest BCUT2D eigenvalue weighted by Crippen LogP contribution is 2.49. The molecule has 2 heteroatoms. The van der Waals surface area contributed by atoms with Crippen LogP contribution in [0.5, 0.6) is 0 Å². The van der Waals surface area contributed by atoms with Gasteiger partial charge in [0.15, 0.2) is 5.71 Å². The number of nitrogens with zero attached hydrogens (tertiary/aromatic N) is 2. The Balaban J connectivity index is 1.28. The van der Waals surface area contributed by atoms with Gasteiger partial charge >= 0.3 is 0 Å². The summed E-state index contributed by atoms with van der Waals surface area (Å²) in [7, 11) is 4.47. The SMILES string of the molecule is CC(C=CC1=[N+](C)c2ccc3ccccc3c2C1(C)C)=CCC1N(C)c2ccc3ccccc3c2C1(C)C. The maximum absolute atomic E-state index is 2.50. The number of rotatable bonds is 4. The maximum atomic E-state index is 2.50. The summed E-state index contributed by atoms with van der Waals surface area (Å²) < 4.78 is 2.38. The van der Waals surface area contributed by atoms with Gasteiger partial charge in [0.1, 0.15) is 7.05 Å². The lowest BCUT2D eigenvalue weighted by atomic mass is 9.77. The highest BCUT2D eigenvalue weighted by Gasteiger charge is 2.45. The Morgan fingerprint density at radius 3 is 2.13 bits per heavy atom. The average molecular weight is 500 g/mol. The Kier molecular flexibility index (Phi) is 5.65. The van der Waals surface area contributed by atoms with Crippen molar-refractivity contribution in [3.8, 4) is 0 Å². The summed E-state index contributed by atoms with van der Waals surface area (Å²) in [5.41, 5.74) is 8.26. The molecule has 2 heterocycles. The van der Waals surface area contributed by atoms with Crippen LogP contribution in [0, 0.1) is 0 Å². The fourth-order valence-corrected chi connectivity index (χ4v) is 7.27. The molecule has 192 valence electrons. The zero-order valence-corrected chi connectivity index (χ0v) is 23.8. The molecule has 2 aliphatic rings. The molecule has 0 saturated heterocycles. The molecule has 0 bridgehead atoms. The number of likely N-dealkylation sites (N-methyl/N-ethyl adjacent to an activating group) is 1. The van der Waals surface area contributed by atoms with Crippen LogP contribution in [0.15, 0.2) is 96.6 Å². The smallest absolute Gasteiger partial charge is 0.210 e. The first-order valence-electron chi connectivity index (χ1n) is 13.9. The standard InChI is InChI=1S/C36H39N2/c1-24(16-22-31-35(2,3)33-27-14-10-8-12-25(27)18-20-29(33)37(31)6)17-23-32-36(4,5)34-28-15-11-9-13-26(28)19-21-30(34)38(32)7/h8-22,32H,23H2,1-7H3/q+1. The first-order chi connectivity index (χ1) is 18.1. The van der Waals surface area contributed by atoms with Crippen LogP contribution in [-0.2, 0) is 10.8 Å². The summed E-state index contributed by atoms with van der Waals surface area (Å²) in [6.07, 6.45) is 8.10. The molecule has 38 heavy (non-hydrogen) atoms. The van der Waals surface area contributed by atoms with Gasteiger partial charge in [-0.3, -0.25) is 0 Å². The van der Waals surface area contributed by atoms with Crippen LogP contribution >= 0.6 is 0 Å². The Bertz CT molecular complexity index is 1680. The number of anilines is 1. The molecule has 0 aliphatic carbocycles. The lowest BCUT2D eigenvalue weighted by Crippen LogP contribution is -2.38. The van der Waals surface area contributed by atoms with E-state index in [-0.39, 0.29) is 10.8 Å². The largest absolute Gasteiger partial charge is 0.370 e. The zero-order valence-electron chi connectivity index (χ0n) is 23.8. The van der Waals surface area contributed by atoms with E-state index in [0.717, 1.165) is 6.42 Å². The van der Waals surface area contributed by atoms with Gasteiger partial charge in [-0.2, -0.15) is 4.58 Å². The number of fused-ring (bicyclic) bond motifs is 6. The Hall–Kier alpha value is -3.65. The quantitative estimate of drug-likeness (QED) is 0.201. The summed E-state index contributed by atoms with van der Waals surface area (Å²) in [4.78, 5) is 2.50. The molecule has 0 amide bonds. The van der Waals surface area contributed by atoms with Gasteiger partial charge in [-0.15, -0.1) is 0 Å². The molecule has 0 saturated carbocycles. The van der Waals surface area contributed by atoms with Crippen molar-refractivity contribution in [2.24, 2.45) is 0 Å². The van der Waals surface area contributed by atoms with E-state index in [1.54, 1.807) is 0 Å². The number of benzene rings is 4. The van der Waals surface area contributed by atoms with Crippen molar-refractivity contribution < 1.29 is 4.58 Å². The van der Waals surface area contributed by atoms with Gasteiger partial charge in [0.25, 0.3) is 0 Å². The minimum atomic E-state index is -0.0575. The molecule has 1 unspecified atom stereocenters. The molecule has 4 aromatic rings. The third-order valence-electron chi connectivity index (χ3n) is 9.29. The third-order valence-corrected chi connectivity index (χ3v) is 9.29. The molecule has 6 rings (SSSR count). The molecule has 0 radical (unpaired) electrons. The number of allylic oxidation sites excluding steroid dienone is 3. The monoisotopic (exact) mass is 499 g/mol. The van der Waals surface area contributed by atoms with Gasteiger partial charge in [-0.25, -0.2) is 0 Å². The molecule has 2 nitrogen and oxygen atoms in total. The molecular formula is C36H39N2+. The highest BCUT2D eigenvalue weighted by molar-refractivity contribution is 6.07. The topological polar surface area (TPSA) is 6.25 Å². The minimum Gasteiger partial charge on any atom is -0.370 e. The predicted molar refractivity (Wildman–Crippen MR) is 165 cm³/mol. The summed E-state index contributed by atoms with van der Waals surface area (Å²) >= 11 is 0. The van der Waals surface area contributed by atoms with Crippen LogP contribution in [0.2, 0.25) is 0 Å². The van der Waals surface area contributed by atoms with E-state index in [1.165, 1.54) is 55.3 Å². The second kappa shape index (κ2) is 8.70. The van der Waals surface area contributed by atoms with E-state index in [2.05, 4.69) is 149 Å². The van der Waals surface area contributed by atoms with Crippen LogP contribution in [0.1, 0.15) is 52.2 Å². The molecule has 2 aliphatic heterocycles. The third kappa shape index (κ3) is 3.57. The molecule has 4 aromatic carbocycles. The Morgan fingerprint density at radius 2 is 1.45 bits per heavy atom. The minimum absolute atomic E-state index is 0.0575. The highest BCUT2D eigenvalue weighted by atomic mass is 15.2. The van der Waals surface area contributed by atoms with Crippen LogP contribution in [0.4, 0.5) is 11.4 Å². The van der Waals surface area contributed by atoms with Crippen LogP contribution in [-0.4, -0.2) is 30.4 Å². The van der Waals surface area contributed by atoms with E-state index < -0.39 is 0 Å². The van der Waals surface area contributed by atoms with Crippen LogP contribution in [0.25, 0.3) is 21.5 Å². The Labute approximate surface area is 227 Å². The van der Waals surface area contributed by atoms with Crippen molar-refractivity contribution in [1.82, 2.24) is 0 Å². The molecule has 1 atom stereocenters. The van der Waals surface area contributed by atoms with Crippen molar-refractivity contribution in [2.75, 3.05) is 19.0 Å². The molecule has 0 aromatic heterocycles. The fraction of sp³-hybridized carbons (Fsp3) is 0.306. The summed E-state index contributed by atoms with van der Waals surface area (Å²) in [6, 6.07) is 27.1. The van der Waals surface area contributed by atoms with Gasteiger partial charge in [0.2, 0.25) is 5.69 Å². The van der Waals surface area contributed by atoms with Crippen molar-refractivity contribution in [2.45, 2.75) is 57.9 Å².